The number of aromatic carboxylic acids is 1. The predicted octanol–water partition coefficient (Wildman–Crippen LogP) is 2.63. The van der Waals surface area contributed by atoms with E-state index in [4.69, 9.17) is 0 Å². The van der Waals surface area contributed by atoms with Gasteiger partial charge in [-0.15, -0.1) is 23.1 Å². The van der Waals surface area contributed by atoms with Crippen LogP contribution in [-0.4, -0.2) is 98.2 Å². The van der Waals surface area contributed by atoms with Gasteiger partial charge < -0.3 is 25.0 Å². The fourth-order valence-corrected chi connectivity index (χ4v) is 9.68. The lowest BCUT2D eigenvalue weighted by Crippen LogP contribution is -2.70. The zero-order chi connectivity index (χ0) is 32.4. The van der Waals surface area contributed by atoms with Crippen LogP contribution >= 0.6 is 34.9 Å². The zero-order valence-electron chi connectivity index (χ0n) is 24.4. The Labute approximate surface area is 273 Å². The summed E-state index contributed by atoms with van der Waals surface area (Å²) in [7, 11) is 0. The quantitative estimate of drug-likeness (QED) is 0.300. The van der Waals surface area contributed by atoms with E-state index in [9.17, 15) is 34.2 Å². The van der Waals surface area contributed by atoms with Crippen LogP contribution in [0, 0.1) is 5.82 Å². The summed E-state index contributed by atoms with van der Waals surface area (Å²) in [6, 6.07) is 5.64. The van der Waals surface area contributed by atoms with Crippen LogP contribution in [0.3, 0.4) is 0 Å². The van der Waals surface area contributed by atoms with Crippen LogP contribution in [0.1, 0.15) is 27.5 Å². The van der Waals surface area contributed by atoms with E-state index >= 15 is 4.39 Å². The number of amides is 2. The first-order valence-electron chi connectivity index (χ1n) is 14.5. The normalized spacial score (nSPS) is 22.7. The molecular formula is C30H28FN5O7S3. The fraction of sp³-hybridized carbons (Fsp3) is 0.367. The van der Waals surface area contributed by atoms with Crippen molar-refractivity contribution in [2.24, 2.45) is 0 Å². The molecule has 46 heavy (non-hydrogen) atoms. The number of aliphatic carboxylic acids is 1. The molecule has 16 heteroatoms. The molecule has 240 valence electrons. The van der Waals surface area contributed by atoms with Gasteiger partial charge >= 0.3 is 11.9 Å². The highest BCUT2D eigenvalue weighted by molar-refractivity contribution is 8.00. The second-order valence-corrected chi connectivity index (χ2v) is 14.9. The Kier molecular flexibility index (Phi) is 7.85. The first-order valence-corrected chi connectivity index (χ1v) is 17.3. The summed E-state index contributed by atoms with van der Waals surface area (Å²) in [6.07, 6.45) is 0.158. The lowest BCUT2D eigenvalue weighted by Gasteiger charge is -2.50. The number of rotatable bonds is 8. The standard InChI is InChI=1S/C30H28FN5O7S3/c1-14-35-19-11-20(18(31)10-17(19)25(38)22(29(40)41)27(35)46-14)34-6-4-33(5-7-34)12-15-13-45-28-23(26(39)36(28)24(15)30(42)43)32-21(37)9-16-3-2-8-44-16/h2-3,8,10-11,14,23,28H,4-7,9,12-13H2,1H3,(H,32,37)(H,40,41)(H,42,43)/t14?,23-,28?/m1/s1. The van der Waals surface area contributed by atoms with Crippen LogP contribution in [0.2, 0.25) is 0 Å². The van der Waals surface area contributed by atoms with Crippen molar-refractivity contribution in [1.29, 1.82) is 0 Å². The third kappa shape index (κ3) is 5.07. The summed E-state index contributed by atoms with van der Waals surface area (Å²) in [5.41, 5.74) is 0.319. The highest BCUT2D eigenvalue weighted by atomic mass is 32.2. The van der Waals surface area contributed by atoms with Crippen LogP contribution in [0.4, 0.5) is 10.1 Å². The van der Waals surface area contributed by atoms with E-state index in [0.717, 1.165) is 10.9 Å². The van der Waals surface area contributed by atoms with Gasteiger partial charge in [0.15, 0.2) is 0 Å². The summed E-state index contributed by atoms with van der Waals surface area (Å²) in [4.78, 5) is 68.7. The third-order valence-electron chi connectivity index (χ3n) is 8.70. The predicted molar refractivity (Wildman–Crippen MR) is 172 cm³/mol. The van der Waals surface area contributed by atoms with Gasteiger partial charge in [0, 0.05) is 48.7 Å². The number of nitrogens with zero attached hydrogens (tertiary/aromatic N) is 4. The Bertz CT molecular complexity index is 1900. The van der Waals surface area contributed by atoms with Gasteiger partial charge in [-0.3, -0.25) is 24.2 Å². The average molecular weight is 686 g/mol. The number of carbonyl (C=O) groups is 4. The maximum absolute atomic E-state index is 15.4. The van der Waals surface area contributed by atoms with Crippen LogP contribution in [0.5, 0.6) is 0 Å². The zero-order valence-corrected chi connectivity index (χ0v) is 26.8. The Balaban J connectivity index is 1.04. The summed E-state index contributed by atoms with van der Waals surface area (Å²) in [5, 5.41) is 24.1. The molecule has 2 unspecified atom stereocenters. The number of carboxylic acid groups (broad SMARTS) is 2. The van der Waals surface area contributed by atoms with Gasteiger partial charge in [-0.2, -0.15) is 0 Å². The molecular weight excluding hydrogens is 658 g/mol. The number of halogens is 1. The molecule has 2 saturated heterocycles. The van der Waals surface area contributed by atoms with E-state index < -0.39 is 40.5 Å². The van der Waals surface area contributed by atoms with Crippen LogP contribution in [0.25, 0.3) is 10.9 Å². The topological polar surface area (TPSA) is 152 Å². The van der Waals surface area contributed by atoms with E-state index in [-0.39, 0.29) is 34.3 Å². The van der Waals surface area contributed by atoms with Gasteiger partial charge in [0.25, 0.3) is 5.91 Å². The number of pyridine rings is 1. The van der Waals surface area contributed by atoms with Crippen molar-refractivity contribution in [1.82, 2.24) is 19.7 Å². The number of carboxylic acids is 2. The summed E-state index contributed by atoms with van der Waals surface area (Å²) in [6.45, 7) is 4.08. The molecule has 2 aromatic heterocycles. The van der Waals surface area contributed by atoms with E-state index in [0.29, 0.717) is 60.3 Å². The molecule has 12 nitrogen and oxygen atoms in total. The van der Waals surface area contributed by atoms with Crippen molar-refractivity contribution < 1.29 is 33.8 Å². The van der Waals surface area contributed by atoms with Crippen LogP contribution in [-0.2, 0) is 20.8 Å². The largest absolute Gasteiger partial charge is 0.477 e. The number of hydrogen-bond acceptors (Lipinski definition) is 10. The number of thiophene rings is 1. The SMILES string of the molecule is CC1Sc2c(C(=O)O)c(=O)c3cc(F)c(N4CCN(CC5=C(C(=O)O)N6C(=O)[C@@H](NC(=O)Cc7cccs7)C6SC5)CC4)cc3n21. The second-order valence-electron chi connectivity index (χ2n) is 11.5. The monoisotopic (exact) mass is 685 g/mol. The summed E-state index contributed by atoms with van der Waals surface area (Å²) in [5.74, 6) is -3.48. The molecule has 4 aliphatic heterocycles. The Morgan fingerprint density at radius 2 is 1.85 bits per heavy atom. The minimum absolute atomic E-state index is 0.0271. The van der Waals surface area contributed by atoms with E-state index in [1.54, 1.807) is 10.6 Å². The number of β-lactam (4-membered cyclic amide) rings is 1. The number of carbonyl (C=O) groups excluding carboxylic acids is 2. The van der Waals surface area contributed by atoms with Crippen LogP contribution < -0.4 is 15.6 Å². The Morgan fingerprint density at radius 3 is 2.50 bits per heavy atom. The molecule has 3 atom stereocenters. The molecule has 0 radical (unpaired) electrons. The highest BCUT2D eigenvalue weighted by Gasteiger charge is 2.54. The number of benzene rings is 1. The second kappa shape index (κ2) is 11.7. The van der Waals surface area contributed by atoms with Crippen molar-refractivity contribution in [3.63, 3.8) is 0 Å². The lowest BCUT2D eigenvalue weighted by atomic mass is 10.0. The minimum atomic E-state index is -1.33. The van der Waals surface area contributed by atoms with Gasteiger partial charge in [-0.1, -0.05) is 17.8 Å². The average Bonchev–Trinajstić information content (AvgIpc) is 3.52. The molecule has 7 rings (SSSR count). The summed E-state index contributed by atoms with van der Waals surface area (Å²) >= 11 is 4.16. The molecule has 4 aliphatic rings. The Hall–Kier alpha value is -3.86. The van der Waals surface area contributed by atoms with Gasteiger partial charge in [0.05, 0.1) is 28.0 Å². The molecule has 0 bridgehead atoms. The third-order valence-corrected chi connectivity index (χ3v) is 12.1. The van der Waals surface area contributed by atoms with Crippen LogP contribution in [0.15, 0.2) is 50.7 Å². The van der Waals surface area contributed by atoms with E-state index in [2.05, 4.69) is 10.2 Å². The maximum atomic E-state index is 15.4. The first-order chi connectivity index (χ1) is 22.0. The number of hydrogen-bond donors (Lipinski definition) is 3. The number of fused-ring (bicyclic) bond motifs is 4. The molecule has 0 aliphatic carbocycles. The smallest absolute Gasteiger partial charge is 0.352 e. The Morgan fingerprint density at radius 1 is 1.09 bits per heavy atom. The van der Waals surface area contributed by atoms with Gasteiger partial charge in [0.1, 0.15) is 28.5 Å². The van der Waals surface area contributed by atoms with Crippen molar-refractivity contribution in [2.45, 2.75) is 35.2 Å². The molecule has 0 saturated carbocycles. The van der Waals surface area contributed by atoms with E-state index in [1.165, 1.54) is 39.8 Å². The molecule has 1 aromatic carbocycles. The first kappa shape index (κ1) is 30.8. The highest BCUT2D eigenvalue weighted by Crippen LogP contribution is 2.47. The number of thioether (sulfide) groups is 2. The van der Waals surface area contributed by atoms with Crippen molar-refractivity contribution >= 4 is 75.2 Å². The van der Waals surface area contributed by atoms with Crippen molar-refractivity contribution in [3.8, 4) is 0 Å². The lowest BCUT2D eigenvalue weighted by molar-refractivity contribution is -0.150. The fourth-order valence-electron chi connectivity index (χ4n) is 6.48. The van der Waals surface area contributed by atoms with Gasteiger partial charge in [-0.05, 0) is 36.1 Å². The molecule has 3 aromatic rings. The number of aromatic nitrogens is 1. The van der Waals surface area contributed by atoms with Gasteiger partial charge in [0.2, 0.25) is 11.3 Å². The van der Waals surface area contributed by atoms with Crippen molar-refractivity contribution in [3.05, 3.63) is 67.4 Å². The van der Waals surface area contributed by atoms with Crippen molar-refractivity contribution in [2.75, 3.05) is 43.4 Å². The minimum Gasteiger partial charge on any atom is -0.477 e. The van der Waals surface area contributed by atoms with E-state index in [1.807, 2.05) is 29.3 Å². The molecule has 2 fully saturated rings. The molecule has 3 N–H and O–H groups in total. The van der Waals surface area contributed by atoms with Gasteiger partial charge in [-0.25, -0.2) is 14.0 Å². The molecule has 2 amide bonds. The number of anilines is 1. The molecule has 0 spiro atoms. The number of piperazine rings is 1. The maximum Gasteiger partial charge on any atom is 0.352 e. The summed E-state index contributed by atoms with van der Waals surface area (Å²) < 4.78 is 17.2. The number of nitrogens with one attached hydrogen (secondary N) is 1. The molecule has 6 heterocycles.